The Morgan fingerprint density at radius 3 is 1.51 bits per heavy atom. The third-order valence-electron chi connectivity index (χ3n) is 8.98. The van der Waals surface area contributed by atoms with Crippen molar-refractivity contribution in [3.05, 3.63) is 167 Å². The van der Waals surface area contributed by atoms with Crippen molar-refractivity contribution in [2.45, 2.75) is 76.7 Å². The first-order valence-corrected chi connectivity index (χ1v) is 16.7. The minimum Gasteiger partial charge on any atom is -0.489 e. The van der Waals surface area contributed by atoms with Crippen LogP contribution in [0.25, 0.3) is 0 Å². The summed E-state index contributed by atoms with van der Waals surface area (Å²) in [6.45, 7) is 2.00. The summed E-state index contributed by atoms with van der Waals surface area (Å²) < 4.78 is 12.3. The first-order valence-electron chi connectivity index (χ1n) is 16.7. The van der Waals surface area contributed by atoms with Crippen molar-refractivity contribution in [1.29, 1.82) is 0 Å². The van der Waals surface area contributed by atoms with Crippen LogP contribution in [-0.2, 0) is 19.8 Å². The van der Waals surface area contributed by atoms with Gasteiger partial charge in [0, 0.05) is 18.5 Å². The van der Waals surface area contributed by atoms with E-state index in [4.69, 9.17) is 9.47 Å². The van der Waals surface area contributed by atoms with Crippen molar-refractivity contribution in [2.24, 2.45) is 0 Å². The maximum Gasteiger partial charge on any atom is 0.119 e. The molecule has 0 aliphatic heterocycles. The summed E-state index contributed by atoms with van der Waals surface area (Å²) in [7, 11) is 0. The summed E-state index contributed by atoms with van der Waals surface area (Å²) in [6.07, 6.45) is 9.35. The van der Waals surface area contributed by atoms with E-state index in [2.05, 4.69) is 102 Å². The van der Waals surface area contributed by atoms with Gasteiger partial charge in [-0.3, -0.25) is 0 Å². The highest BCUT2D eigenvalue weighted by Gasteiger charge is 2.21. The number of benzene rings is 5. The Kier molecular flexibility index (Phi) is 11.0. The van der Waals surface area contributed by atoms with E-state index in [1.165, 1.54) is 78.3 Å². The van der Waals surface area contributed by atoms with Gasteiger partial charge in [-0.2, -0.15) is 0 Å². The van der Waals surface area contributed by atoms with E-state index >= 15 is 0 Å². The normalized spacial score (nSPS) is 14.1. The molecule has 6 rings (SSSR count). The molecular weight excluding hydrogens is 550 g/mol. The van der Waals surface area contributed by atoms with E-state index < -0.39 is 0 Å². The van der Waals surface area contributed by atoms with Gasteiger partial charge in [0.2, 0.25) is 0 Å². The van der Waals surface area contributed by atoms with Crippen molar-refractivity contribution < 1.29 is 9.47 Å². The molecule has 0 unspecified atom stereocenters. The molecule has 230 valence electrons. The highest BCUT2D eigenvalue weighted by atomic mass is 16.5. The zero-order chi connectivity index (χ0) is 30.5. The quantitative estimate of drug-likeness (QED) is 0.146. The Labute approximate surface area is 269 Å². The number of hydrogen-bond acceptors (Lipinski definition) is 3. The van der Waals surface area contributed by atoms with E-state index in [0.29, 0.717) is 19.3 Å². The fourth-order valence-electron chi connectivity index (χ4n) is 6.44. The second-order valence-corrected chi connectivity index (χ2v) is 12.2. The standard InChI is InChI=1S/C42H45NO2/c1-2-10-19-38(20-11-3-1)43-30-37-18-12-13-21-41(37)42(35-22-26-39(27-23-35)44-31-33-14-6-4-7-15-33)36-24-28-40(29-25-36)45-32-34-16-8-5-9-17-34/h4-9,12-18,21-29,38,42-43H,1-3,10-11,19-20,30-32H2. The Hall–Kier alpha value is -4.34. The number of nitrogens with one attached hydrogen (secondary N) is 1. The van der Waals surface area contributed by atoms with Gasteiger partial charge in [0.25, 0.3) is 0 Å². The molecule has 5 aromatic carbocycles. The molecule has 0 heterocycles. The molecular formula is C42H45NO2. The van der Waals surface area contributed by atoms with Crippen LogP contribution in [-0.4, -0.2) is 6.04 Å². The molecule has 0 spiro atoms. The predicted molar refractivity (Wildman–Crippen MR) is 185 cm³/mol. The van der Waals surface area contributed by atoms with Crippen molar-refractivity contribution in [3.63, 3.8) is 0 Å². The van der Waals surface area contributed by atoms with Crippen LogP contribution in [0.5, 0.6) is 11.5 Å². The van der Waals surface area contributed by atoms with Gasteiger partial charge in [-0.05, 0) is 70.5 Å². The first-order chi connectivity index (χ1) is 22.3. The lowest BCUT2D eigenvalue weighted by molar-refractivity contribution is 0.306. The molecule has 0 radical (unpaired) electrons. The molecule has 1 N–H and O–H groups in total. The number of ether oxygens (including phenoxy) is 2. The zero-order valence-corrected chi connectivity index (χ0v) is 26.2. The van der Waals surface area contributed by atoms with Crippen molar-refractivity contribution in [2.75, 3.05) is 0 Å². The molecule has 1 saturated carbocycles. The summed E-state index contributed by atoms with van der Waals surface area (Å²) in [5, 5.41) is 3.95. The van der Waals surface area contributed by atoms with E-state index in [1.807, 2.05) is 36.4 Å². The van der Waals surface area contributed by atoms with Crippen LogP contribution >= 0.6 is 0 Å². The molecule has 0 atom stereocenters. The van der Waals surface area contributed by atoms with E-state index in [9.17, 15) is 0 Å². The lowest BCUT2D eigenvalue weighted by Crippen LogP contribution is -2.29. The average molecular weight is 596 g/mol. The van der Waals surface area contributed by atoms with Crippen molar-refractivity contribution in [1.82, 2.24) is 5.32 Å². The second-order valence-electron chi connectivity index (χ2n) is 12.2. The second kappa shape index (κ2) is 16.1. The van der Waals surface area contributed by atoms with Crippen LogP contribution in [0, 0.1) is 0 Å². The molecule has 0 amide bonds. The number of rotatable bonds is 12. The molecule has 3 nitrogen and oxygen atoms in total. The SMILES string of the molecule is c1ccc(COc2ccc(C(c3ccc(OCc4ccccc4)cc3)c3ccccc3CNC3CCCCCCC3)cc2)cc1. The molecule has 1 aliphatic rings. The largest absolute Gasteiger partial charge is 0.489 e. The fraction of sp³-hybridized carbons (Fsp3) is 0.286. The maximum atomic E-state index is 6.14. The molecule has 1 aliphatic carbocycles. The summed E-state index contributed by atoms with van der Waals surface area (Å²) in [5.74, 6) is 1.85. The minimum absolute atomic E-state index is 0.0895. The third-order valence-corrected chi connectivity index (χ3v) is 8.98. The van der Waals surface area contributed by atoms with E-state index in [-0.39, 0.29) is 5.92 Å². The molecule has 45 heavy (non-hydrogen) atoms. The molecule has 0 aromatic heterocycles. The lowest BCUT2D eigenvalue weighted by atomic mass is 9.82. The Balaban J connectivity index is 1.24. The minimum atomic E-state index is 0.0895. The van der Waals surface area contributed by atoms with Crippen LogP contribution in [0.15, 0.2) is 133 Å². The highest BCUT2D eigenvalue weighted by molar-refractivity contribution is 5.48. The Morgan fingerprint density at radius 2 is 0.978 bits per heavy atom. The Bertz CT molecular complexity index is 1470. The van der Waals surface area contributed by atoms with Gasteiger partial charge in [-0.15, -0.1) is 0 Å². The predicted octanol–water partition coefficient (Wildman–Crippen LogP) is 10.2. The van der Waals surface area contributed by atoms with Crippen LogP contribution < -0.4 is 14.8 Å². The summed E-state index contributed by atoms with van der Waals surface area (Å²) in [4.78, 5) is 0. The van der Waals surface area contributed by atoms with Gasteiger partial charge in [-0.25, -0.2) is 0 Å². The molecule has 3 heteroatoms. The van der Waals surface area contributed by atoms with Crippen molar-refractivity contribution in [3.8, 4) is 11.5 Å². The molecule has 0 saturated heterocycles. The fourth-order valence-corrected chi connectivity index (χ4v) is 6.44. The van der Waals surface area contributed by atoms with Gasteiger partial charge in [-0.1, -0.05) is 141 Å². The van der Waals surface area contributed by atoms with Crippen LogP contribution in [0.1, 0.15) is 84.2 Å². The van der Waals surface area contributed by atoms with Gasteiger partial charge in [0.1, 0.15) is 24.7 Å². The third kappa shape index (κ3) is 8.86. The Morgan fingerprint density at radius 1 is 0.511 bits per heavy atom. The van der Waals surface area contributed by atoms with Gasteiger partial charge >= 0.3 is 0 Å². The molecule has 5 aromatic rings. The molecule has 0 bridgehead atoms. The monoisotopic (exact) mass is 595 g/mol. The first kappa shape index (κ1) is 30.7. The molecule has 1 fully saturated rings. The highest BCUT2D eigenvalue weighted by Crippen LogP contribution is 2.36. The number of hydrogen-bond donors (Lipinski definition) is 1. The van der Waals surface area contributed by atoms with E-state index in [1.54, 1.807) is 0 Å². The summed E-state index contributed by atoms with van der Waals surface area (Å²) in [6, 6.07) is 47.5. The average Bonchev–Trinajstić information content (AvgIpc) is 3.09. The van der Waals surface area contributed by atoms with Gasteiger partial charge in [0.15, 0.2) is 0 Å². The summed E-state index contributed by atoms with van der Waals surface area (Å²) in [5.41, 5.74) is 7.53. The topological polar surface area (TPSA) is 30.5 Å². The van der Waals surface area contributed by atoms with Gasteiger partial charge in [0.05, 0.1) is 0 Å². The maximum absolute atomic E-state index is 6.14. The zero-order valence-electron chi connectivity index (χ0n) is 26.2. The summed E-state index contributed by atoms with van der Waals surface area (Å²) >= 11 is 0. The van der Waals surface area contributed by atoms with Crippen LogP contribution in [0.4, 0.5) is 0 Å². The lowest BCUT2D eigenvalue weighted by Gasteiger charge is -2.25. The smallest absolute Gasteiger partial charge is 0.119 e. The van der Waals surface area contributed by atoms with Crippen LogP contribution in [0.3, 0.4) is 0 Å². The van der Waals surface area contributed by atoms with E-state index in [0.717, 1.165) is 18.0 Å². The van der Waals surface area contributed by atoms with Gasteiger partial charge < -0.3 is 14.8 Å². The van der Waals surface area contributed by atoms with Crippen molar-refractivity contribution >= 4 is 0 Å². The van der Waals surface area contributed by atoms with Crippen LogP contribution in [0.2, 0.25) is 0 Å².